The summed E-state index contributed by atoms with van der Waals surface area (Å²) in [6.07, 6.45) is 0. The molecule has 0 aliphatic carbocycles. The number of rotatable bonds is 5. The quantitative estimate of drug-likeness (QED) is 0.858. The number of para-hydroxylation sites is 1. The highest BCUT2D eigenvalue weighted by atomic mass is 19.1. The molecule has 0 atom stereocenters. The molecular weight excluding hydrogens is 271 g/mol. The predicted molar refractivity (Wildman–Crippen MR) is 75.4 cm³/mol. The van der Waals surface area contributed by atoms with Crippen molar-refractivity contribution in [2.75, 3.05) is 13.2 Å². The molecule has 106 valence electrons. The molecular formula is C16H13FN2O2. The van der Waals surface area contributed by atoms with Crippen LogP contribution < -0.4 is 10.1 Å². The van der Waals surface area contributed by atoms with Gasteiger partial charge in [-0.05, 0) is 36.4 Å². The van der Waals surface area contributed by atoms with Gasteiger partial charge in [0.05, 0.1) is 18.2 Å². The summed E-state index contributed by atoms with van der Waals surface area (Å²) in [7, 11) is 0. The number of halogens is 1. The molecule has 0 aliphatic heterocycles. The van der Waals surface area contributed by atoms with Crippen LogP contribution in [0, 0.1) is 17.1 Å². The maximum Gasteiger partial charge on any atom is 0.251 e. The molecule has 2 rings (SSSR count). The summed E-state index contributed by atoms with van der Waals surface area (Å²) in [5.74, 6) is -0.544. The summed E-state index contributed by atoms with van der Waals surface area (Å²) < 4.78 is 18.5. The number of hydrogen-bond donors (Lipinski definition) is 1. The maximum atomic E-state index is 13.3. The topological polar surface area (TPSA) is 62.1 Å². The number of carbonyl (C=O) groups excluding carboxylic acids is 1. The third kappa shape index (κ3) is 4.05. The average Bonchev–Trinajstić information content (AvgIpc) is 2.53. The number of hydrogen-bond acceptors (Lipinski definition) is 3. The Morgan fingerprint density at radius 3 is 2.57 bits per heavy atom. The van der Waals surface area contributed by atoms with E-state index in [1.807, 2.05) is 6.07 Å². The highest BCUT2D eigenvalue weighted by Crippen LogP contribution is 2.14. The van der Waals surface area contributed by atoms with Crippen LogP contribution in [0.25, 0.3) is 0 Å². The number of nitrogens with one attached hydrogen (secondary N) is 1. The van der Waals surface area contributed by atoms with Crippen LogP contribution in [-0.2, 0) is 0 Å². The lowest BCUT2D eigenvalue weighted by molar-refractivity contribution is 0.0946. The second kappa shape index (κ2) is 7.06. The van der Waals surface area contributed by atoms with Crippen molar-refractivity contribution in [1.29, 1.82) is 5.26 Å². The van der Waals surface area contributed by atoms with Crippen molar-refractivity contribution in [2.45, 2.75) is 0 Å². The van der Waals surface area contributed by atoms with Gasteiger partial charge in [-0.2, -0.15) is 5.26 Å². The SMILES string of the molecule is N#Cc1ccc(C(=O)NCCOc2ccccc2F)cc1. The second-order valence-electron chi connectivity index (χ2n) is 4.22. The summed E-state index contributed by atoms with van der Waals surface area (Å²) >= 11 is 0. The molecule has 21 heavy (non-hydrogen) atoms. The van der Waals surface area contributed by atoms with Gasteiger partial charge < -0.3 is 10.1 Å². The van der Waals surface area contributed by atoms with Gasteiger partial charge in [0.15, 0.2) is 11.6 Å². The number of ether oxygens (including phenoxy) is 1. The van der Waals surface area contributed by atoms with E-state index in [-0.39, 0.29) is 24.8 Å². The Labute approximate surface area is 121 Å². The van der Waals surface area contributed by atoms with Crippen molar-refractivity contribution in [1.82, 2.24) is 5.32 Å². The molecule has 0 aliphatic rings. The summed E-state index contributed by atoms with van der Waals surface area (Å²) in [5.41, 5.74) is 0.953. The molecule has 2 aromatic carbocycles. The molecule has 0 bridgehead atoms. The van der Waals surface area contributed by atoms with E-state index in [4.69, 9.17) is 10.00 Å². The molecule has 1 N–H and O–H groups in total. The first-order valence-corrected chi connectivity index (χ1v) is 6.36. The van der Waals surface area contributed by atoms with Crippen LogP contribution in [0.5, 0.6) is 5.75 Å². The summed E-state index contributed by atoms with van der Waals surface area (Å²) in [6.45, 7) is 0.427. The van der Waals surface area contributed by atoms with Crippen LogP contribution in [0.1, 0.15) is 15.9 Å². The van der Waals surface area contributed by atoms with E-state index in [1.165, 1.54) is 12.1 Å². The number of carbonyl (C=O) groups is 1. The van der Waals surface area contributed by atoms with E-state index in [0.717, 1.165) is 0 Å². The Morgan fingerprint density at radius 1 is 1.19 bits per heavy atom. The Balaban J connectivity index is 1.79. The molecule has 0 radical (unpaired) electrons. The fourth-order valence-electron chi connectivity index (χ4n) is 1.69. The van der Waals surface area contributed by atoms with Gasteiger partial charge >= 0.3 is 0 Å². The summed E-state index contributed by atoms with van der Waals surface area (Å²) in [5, 5.41) is 11.3. The molecule has 0 fully saturated rings. The van der Waals surface area contributed by atoms with E-state index in [1.54, 1.807) is 36.4 Å². The first-order valence-electron chi connectivity index (χ1n) is 6.36. The lowest BCUT2D eigenvalue weighted by atomic mass is 10.1. The molecule has 0 saturated carbocycles. The number of amides is 1. The van der Waals surface area contributed by atoms with Crippen LogP contribution in [0.4, 0.5) is 4.39 Å². The Bertz CT molecular complexity index is 663. The van der Waals surface area contributed by atoms with E-state index in [9.17, 15) is 9.18 Å². The molecule has 0 unspecified atom stereocenters. The predicted octanol–water partition coefficient (Wildman–Crippen LogP) is 2.51. The Morgan fingerprint density at radius 2 is 1.90 bits per heavy atom. The average molecular weight is 284 g/mol. The van der Waals surface area contributed by atoms with Crippen LogP contribution in [0.2, 0.25) is 0 Å². The fraction of sp³-hybridized carbons (Fsp3) is 0.125. The first-order chi connectivity index (χ1) is 10.2. The second-order valence-corrected chi connectivity index (χ2v) is 4.22. The van der Waals surface area contributed by atoms with Gasteiger partial charge in [-0.25, -0.2) is 4.39 Å². The van der Waals surface area contributed by atoms with Gasteiger partial charge in [-0.1, -0.05) is 12.1 Å². The van der Waals surface area contributed by atoms with Gasteiger partial charge in [0.25, 0.3) is 5.91 Å². The van der Waals surface area contributed by atoms with Crippen LogP contribution in [0.15, 0.2) is 48.5 Å². The van der Waals surface area contributed by atoms with Gasteiger partial charge in [0.1, 0.15) is 6.61 Å². The van der Waals surface area contributed by atoms with Gasteiger partial charge in [-0.15, -0.1) is 0 Å². The molecule has 2 aromatic rings. The molecule has 5 heteroatoms. The summed E-state index contributed by atoms with van der Waals surface area (Å²) in [6, 6.07) is 14.4. The third-order valence-corrected chi connectivity index (χ3v) is 2.76. The first kappa shape index (κ1) is 14.5. The number of benzene rings is 2. The molecule has 0 heterocycles. The lowest BCUT2D eigenvalue weighted by Crippen LogP contribution is -2.28. The standard InChI is InChI=1S/C16H13FN2O2/c17-14-3-1-2-4-15(14)21-10-9-19-16(20)13-7-5-12(11-18)6-8-13/h1-8H,9-10H2,(H,19,20). The Kier molecular flexibility index (Phi) is 4.89. The molecule has 4 nitrogen and oxygen atoms in total. The van der Waals surface area contributed by atoms with E-state index in [2.05, 4.69) is 5.32 Å². The Hall–Kier alpha value is -2.87. The van der Waals surface area contributed by atoms with Crippen molar-refractivity contribution in [3.8, 4) is 11.8 Å². The zero-order valence-electron chi connectivity index (χ0n) is 11.2. The molecule has 0 saturated heterocycles. The van der Waals surface area contributed by atoms with Crippen molar-refractivity contribution in [3.05, 3.63) is 65.5 Å². The molecule has 1 amide bonds. The van der Waals surface area contributed by atoms with Gasteiger partial charge in [0, 0.05) is 5.56 Å². The summed E-state index contributed by atoms with van der Waals surface area (Å²) in [4.78, 5) is 11.8. The minimum Gasteiger partial charge on any atom is -0.489 e. The van der Waals surface area contributed by atoms with Gasteiger partial charge in [-0.3, -0.25) is 4.79 Å². The number of nitriles is 1. The van der Waals surface area contributed by atoms with E-state index < -0.39 is 5.82 Å². The van der Waals surface area contributed by atoms with Crippen molar-refractivity contribution >= 4 is 5.91 Å². The van der Waals surface area contributed by atoms with Gasteiger partial charge in [0.2, 0.25) is 0 Å². The zero-order valence-corrected chi connectivity index (χ0v) is 11.2. The van der Waals surface area contributed by atoms with E-state index in [0.29, 0.717) is 11.1 Å². The molecule has 0 spiro atoms. The fourth-order valence-corrected chi connectivity index (χ4v) is 1.69. The smallest absolute Gasteiger partial charge is 0.251 e. The van der Waals surface area contributed by atoms with Crippen LogP contribution in [-0.4, -0.2) is 19.1 Å². The largest absolute Gasteiger partial charge is 0.489 e. The highest BCUT2D eigenvalue weighted by molar-refractivity contribution is 5.94. The maximum absolute atomic E-state index is 13.3. The van der Waals surface area contributed by atoms with Crippen molar-refractivity contribution in [3.63, 3.8) is 0 Å². The van der Waals surface area contributed by atoms with Crippen molar-refractivity contribution in [2.24, 2.45) is 0 Å². The molecule has 0 aromatic heterocycles. The van der Waals surface area contributed by atoms with Crippen LogP contribution in [0.3, 0.4) is 0 Å². The monoisotopic (exact) mass is 284 g/mol. The normalized spacial score (nSPS) is 9.71. The lowest BCUT2D eigenvalue weighted by Gasteiger charge is -2.08. The zero-order chi connectivity index (χ0) is 15.1. The highest BCUT2D eigenvalue weighted by Gasteiger charge is 2.05. The van der Waals surface area contributed by atoms with Crippen LogP contribution >= 0.6 is 0 Å². The minimum atomic E-state index is -0.434. The van der Waals surface area contributed by atoms with Crippen molar-refractivity contribution < 1.29 is 13.9 Å². The third-order valence-electron chi connectivity index (χ3n) is 2.76. The van der Waals surface area contributed by atoms with E-state index >= 15 is 0 Å². The minimum absolute atomic E-state index is 0.158. The number of nitrogens with zero attached hydrogens (tertiary/aromatic N) is 1.